The van der Waals surface area contributed by atoms with Crippen LogP contribution in [0.1, 0.15) is 33.5 Å². The van der Waals surface area contributed by atoms with Crippen LogP contribution in [0.25, 0.3) is 0 Å². The predicted molar refractivity (Wildman–Crippen MR) is 117 cm³/mol. The highest BCUT2D eigenvalue weighted by molar-refractivity contribution is 6.31. The number of carbonyl (C=O) groups excluding carboxylic acids is 1. The van der Waals surface area contributed by atoms with Gasteiger partial charge in [0.05, 0.1) is 41.0 Å². The van der Waals surface area contributed by atoms with Crippen LogP contribution in [0.3, 0.4) is 0 Å². The average Bonchev–Trinajstić information content (AvgIpc) is 3.11. The number of halogens is 2. The van der Waals surface area contributed by atoms with Crippen LogP contribution in [0.4, 0.5) is 4.39 Å². The zero-order chi connectivity index (χ0) is 23.0. The molecule has 4 rings (SSSR count). The second kappa shape index (κ2) is 9.09. The SMILES string of the molecule is Cc1nc(C2CN(C(=O)c3ccc(F)cc3OC3CN(CCO)C3)CC2=N)nc(C)c1Cl. The third kappa shape index (κ3) is 4.46. The fraction of sp³-hybridized carbons (Fsp3) is 0.455. The van der Waals surface area contributed by atoms with E-state index < -0.39 is 11.7 Å². The van der Waals surface area contributed by atoms with Crippen LogP contribution in [0, 0.1) is 25.1 Å². The highest BCUT2D eigenvalue weighted by Crippen LogP contribution is 2.30. The number of β-amino-alcohol motifs (C(OH)–C–C–N with tert-alkyl or cyclic N) is 1. The Morgan fingerprint density at radius 1 is 1.28 bits per heavy atom. The molecule has 32 heavy (non-hydrogen) atoms. The van der Waals surface area contributed by atoms with Crippen molar-refractivity contribution >= 4 is 23.2 Å². The molecule has 10 heteroatoms. The van der Waals surface area contributed by atoms with Gasteiger partial charge in [0.25, 0.3) is 5.91 Å². The van der Waals surface area contributed by atoms with E-state index in [0.29, 0.717) is 47.6 Å². The number of amides is 1. The van der Waals surface area contributed by atoms with Crippen molar-refractivity contribution in [2.24, 2.45) is 0 Å². The van der Waals surface area contributed by atoms with E-state index in [1.165, 1.54) is 23.1 Å². The third-order valence-electron chi connectivity index (χ3n) is 5.79. The van der Waals surface area contributed by atoms with E-state index in [-0.39, 0.29) is 43.0 Å². The van der Waals surface area contributed by atoms with Gasteiger partial charge in [-0.1, -0.05) is 11.6 Å². The summed E-state index contributed by atoms with van der Waals surface area (Å²) in [5.41, 5.74) is 1.86. The Morgan fingerprint density at radius 2 is 1.97 bits per heavy atom. The van der Waals surface area contributed by atoms with E-state index in [2.05, 4.69) is 9.97 Å². The first-order valence-electron chi connectivity index (χ1n) is 10.4. The van der Waals surface area contributed by atoms with Gasteiger partial charge in [0.2, 0.25) is 0 Å². The summed E-state index contributed by atoms with van der Waals surface area (Å²) in [6, 6.07) is 3.86. The van der Waals surface area contributed by atoms with Crippen molar-refractivity contribution in [1.29, 1.82) is 5.41 Å². The third-order valence-corrected chi connectivity index (χ3v) is 6.34. The van der Waals surface area contributed by atoms with Gasteiger partial charge in [-0.3, -0.25) is 9.69 Å². The van der Waals surface area contributed by atoms with E-state index in [0.717, 1.165) is 0 Å². The van der Waals surface area contributed by atoms with Gasteiger partial charge in [-0.2, -0.15) is 0 Å². The largest absolute Gasteiger partial charge is 0.487 e. The number of ether oxygens (including phenoxy) is 1. The first-order valence-corrected chi connectivity index (χ1v) is 10.8. The van der Waals surface area contributed by atoms with Crippen molar-refractivity contribution in [2.75, 3.05) is 39.3 Å². The second-order valence-corrected chi connectivity index (χ2v) is 8.57. The Labute approximate surface area is 190 Å². The molecule has 8 nitrogen and oxygen atoms in total. The minimum absolute atomic E-state index is 0.0644. The van der Waals surface area contributed by atoms with E-state index in [1.54, 1.807) is 13.8 Å². The summed E-state index contributed by atoms with van der Waals surface area (Å²) in [4.78, 5) is 25.7. The van der Waals surface area contributed by atoms with Crippen molar-refractivity contribution in [3.05, 3.63) is 51.8 Å². The number of likely N-dealkylation sites (tertiary alicyclic amines) is 2. The Morgan fingerprint density at radius 3 is 2.62 bits per heavy atom. The van der Waals surface area contributed by atoms with Crippen molar-refractivity contribution < 1.29 is 19.0 Å². The lowest BCUT2D eigenvalue weighted by Crippen LogP contribution is -2.54. The Kier molecular flexibility index (Phi) is 6.41. The average molecular weight is 462 g/mol. The molecule has 0 saturated carbocycles. The number of carbonyl (C=O) groups is 1. The molecule has 2 saturated heterocycles. The molecule has 1 unspecified atom stereocenters. The summed E-state index contributed by atoms with van der Waals surface area (Å²) in [5, 5.41) is 17.9. The van der Waals surface area contributed by atoms with E-state index in [1.807, 2.05) is 4.90 Å². The van der Waals surface area contributed by atoms with Crippen LogP contribution in [0.5, 0.6) is 5.75 Å². The van der Waals surface area contributed by atoms with Gasteiger partial charge < -0.3 is 20.2 Å². The van der Waals surface area contributed by atoms with Crippen LogP contribution >= 0.6 is 11.6 Å². The molecular formula is C22H25ClFN5O3. The number of aryl methyl sites for hydroxylation is 2. The first kappa shape index (κ1) is 22.6. The van der Waals surface area contributed by atoms with Gasteiger partial charge in [0.1, 0.15) is 23.5 Å². The summed E-state index contributed by atoms with van der Waals surface area (Å²) >= 11 is 6.16. The quantitative estimate of drug-likeness (QED) is 0.683. The van der Waals surface area contributed by atoms with E-state index in [9.17, 15) is 9.18 Å². The summed E-state index contributed by atoms with van der Waals surface area (Å²) in [6.45, 7) is 5.79. The van der Waals surface area contributed by atoms with Gasteiger partial charge >= 0.3 is 0 Å². The highest BCUT2D eigenvalue weighted by atomic mass is 35.5. The lowest BCUT2D eigenvalue weighted by molar-refractivity contribution is 0.00990. The number of hydrogen-bond acceptors (Lipinski definition) is 7. The molecule has 2 aliphatic heterocycles. The van der Waals surface area contributed by atoms with Crippen LogP contribution in [-0.4, -0.2) is 81.9 Å². The number of aliphatic hydroxyl groups is 1. The Bertz CT molecular complexity index is 1040. The molecule has 2 N–H and O–H groups in total. The number of rotatable bonds is 6. The topological polar surface area (TPSA) is 103 Å². The van der Waals surface area contributed by atoms with Gasteiger partial charge in [-0.05, 0) is 26.0 Å². The van der Waals surface area contributed by atoms with Crippen molar-refractivity contribution in [1.82, 2.24) is 19.8 Å². The highest BCUT2D eigenvalue weighted by Gasteiger charge is 2.36. The number of nitrogens with one attached hydrogen (secondary N) is 1. The first-order chi connectivity index (χ1) is 15.3. The standard InChI is InChI=1S/C22H25ClFN5O3/c1-12-20(23)13(2)27-21(26-12)17-10-29(11-18(17)25)22(31)16-4-3-14(24)7-19(16)32-15-8-28(9-15)5-6-30/h3-4,7,15,17,25,30H,5-6,8-11H2,1-2H3. The van der Waals surface area contributed by atoms with Gasteiger partial charge in [0.15, 0.2) is 0 Å². The molecule has 2 aromatic rings. The van der Waals surface area contributed by atoms with Crippen LogP contribution in [0.2, 0.25) is 5.02 Å². The molecule has 3 heterocycles. The minimum Gasteiger partial charge on any atom is -0.487 e. The van der Waals surface area contributed by atoms with Crippen LogP contribution in [-0.2, 0) is 0 Å². The van der Waals surface area contributed by atoms with Gasteiger partial charge in [-0.25, -0.2) is 14.4 Å². The molecule has 0 spiro atoms. The Balaban J connectivity index is 1.51. The summed E-state index contributed by atoms with van der Waals surface area (Å²) in [6.07, 6.45) is -0.173. The Hall–Kier alpha value is -2.62. The van der Waals surface area contributed by atoms with E-state index >= 15 is 0 Å². The molecule has 1 amide bonds. The number of aromatic nitrogens is 2. The molecule has 0 aliphatic carbocycles. The molecule has 170 valence electrons. The smallest absolute Gasteiger partial charge is 0.257 e. The fourth-order valence-corrected chi connectivity index (χ4v) is 4.11. The normalized spacial score (nSPS) is 19.3. The van der Waals surface area contributed by atoms with Crippen LogP contribution in [0.15, 0.2) is 18.2 Å². The zero-order valence-electron chi connectivity index (χ0n) is 17.9. The van der Waals surface area contributed by atoms with Gasteiger partial charge in [0, 0.05) is 38.0 Å². The maximum absolute atomic E-state index is 13.9. The van der Waals surface area contributed by atoms with Crippen molar-refractivity contribution in [3.63, 3.8) is 0 Å². The number of nitrogens with zero attached hydrogens (tertiary/aromatic N) is 4. The summed E-state index contributed by atoms with van der Waals surface area (Å²) in [5.74, 6) is -0.583. The monoisotopic (exact) mass is 461 g/mol. The molecule has 1 atom stereocenters. The summed E-state index contributed by atoms with van der Waals surface area (Å²) < 4.78 is 19.8. The number of hydrogen-bond donors (Lipinski definition) is 2. The van der Waals surface area contributed by atoms with Crippen molar-refractivity contribution in [2.45, 2.75) is 25.9 Å². The maximum Gasteiger partial charge on any atom is 0.257 e. The minimum atomic E-state index is -0.490. The molecular weight excluding hydrogens is 437 g/mol. The molecule has 0 bridgehead atoms. The number of aliphatic hydroxyl groups excluding tert-OH is 1. The van der Waals surface area contributed by atoms with E-state index in [4.69, 9.17) is 26.9 Å². The molecule has 2 fully saturated rings. The predicted octanol–water partition coefficient (Wildman–Crippen LogP) is 2.20. The van der Waals surface area contributed by atoms with Crippen molar-refractivity contribution in [3.8, 4) is 5.75 Å². The molecule has 2 aliphatic rings. The summed E-state index contributed by atoms with van der Waals surface area (Å²) in [7, 11) is 0. The lowest BCUT2D eigenvalue weighted by atomic mass is 10.1. The second-order valence-electron chi connectivity index (χ2n) is 8.19. The molecule has 1 aromatic carbocycles. The molecule has 0 radical (unpaired) electrons. The fourth-order valence-electron chi connectivity index (χ4n) is 4.03. The number of benzene rings is 1. The molecule has 1 aromatic heterocycles. The maximum atomic E-state index is 13.9. The zero-order valence-corrected chi connectivity index (χ0v) is 18.7. The lowest BCUT2D eigenvalue weighted by Gasteiger charge is -2.38. The van der Waals surface area contributed by atoms with Gasteiger partial charge in [-0.15, -0.1) is 0 Å². The van der Waals surface area contributed by atoms with Crippen LogP contribution < -0.4 is 4.74 Å².